The van der Waals surface area contributed by atoms with Gasteiger partial charge in [-0.25, -0.2) is 4.98 Å². The van der Waals surface area contributed by atoms with E-state index in [1.54, 1.807) is 0 Å². The summed E-state index contributed by atoms with van der Waals surface area (Å²) in [5, 5.41) is 10.3. The Morgan fingerprint density at radius 2 is 2.00 bits per heavy atom. The van der Waals surface area contributed by atoms with E-state index in [4.69, 9.17) is 0 Å². The number of aryl methyl sites for hydroxylation is 1. The van der Waals surface area contributed by atoms with Crippen molar-refractivity contribution in [2.45, 2.75) is 20.0 Å². The van der Waals surface area contributed by atoms with Crippen LogP contribution in [0.4, 0.5) is 5.82 Å². The highest BCUT2D eigenvalue weighted by atomic mass is 35.5. The average Bonchev–Trinajstić information content (AvgIpc) is 2.76. The number of rotatable bonds is 5. The van der Waals surface area contributed by atoms with Gasteiger partial charge in [0, 0.05) is 44.6 Å². The minimum Gasteiger partial charge on any atom is -0.363 e. The summed E-state index contributed by atoms with van der Waals surface area (Å²) < 4.78 is 0. The van der Waals surface area contributed by atoms with E-state index >= 15 is 0 Å². The largest absolute Gasteiger partial charge is 0.363 e. The van der Waals surface area contributed by atoms with Crippen LogP contribution in [-0.2, 0) is 13.1 Å². The first-order valence-corrected chi connectivity index (χ1v) is 5.98. The Kier molecular flexibility index (Phi) is 5.79. The number of anilines is 1. The summed E-state index contributed by atoms with van der Waals surface area (Å²) >= 11 is 0. The first-order chi connectivity index (χ1) is 8.66. The van der Waals surface area contributed by atoms with E-state index in [1.807, 2.05) is 44.4 Å². The van der Waals surface area contributed by atoms with Gasteiger partial charge in [-0.15, -0.1) is 12.4 Å². The van der Waals surface area contributed by atoms with Crippen molar-refractivity contribution >= 4 is 18.2 Å². The Bertz CT molecular complexity index is 492. The van der Waals surface area contributed by atoms with Gasteiger partial charge < -0.3 is 10.2 Å². The molecule has 0 atom stereocenters. The van der Waals surface area contributed by atoms with E-state index in [1.165, 1.54) is 11.1 Å². The van der Waals surface area contributed by atoms with Crippen LogP contribution in [0.3, 0.4) is 0 Å². The Hall–Kier alpha value is -1.59. The van der Waals surface area contributed by atoms with Gasteiger partial charge in [0.1, 0.15) is 5.82 Å². The SMILES string of the molecule is Cc1[nH]ncc1CNCc1ccc(N(C)C)nc1.Cl. The normalized spacial score (nSPS) is 10.1. The molecule has 0 spiro atoms. The van der Waals surface area contributed by atoms with Crippen molar-refractivity contribution < 1.29 is 0 Å². The van der Waals surface area contributed by atoms with Gasteiger partial charge in [0.05, 0.1) is 6.20 Å². The minimum absolute atomic E-state index is 0. The molecule has 0 aromatic carbocycles. The predicted molar refractivity (Wildman–Crippen MR) is 79.7 cm³/mol. The van der Waals surface area contributed by atoms with Crippen molar-refractivity contribution in [3.8, 4) is 0 Å². The maximum absolute atomic E-state index is 4.38. The third-order valence-corrected chi connectivity index (χ3v) is 2.85. The second-order valence-corrected chi connectivity index (χ2v) is 4.54. The Morgan fingerprint density at radius 1 is 1.21 bits per heavy atom. The topological polar surface area (TPSA) is 56.8 Å². The van der Waals surface area contributed by atoms with Gasteiger partial charge >= 0.3 is 0 Å². The molecule has 2 N–H and O–H groups in total. The Labute approximate surface area is 119 Å². The summed E-state index contributed by atoms with van der Waals surface area (Å²) in [6, 6.07) is 4.12. The van der Waals surface area contributed by atoms with Crippen LogP contribution in [0.25, 0.3) is 0 Å². The summed E-state index contributed by atoms with van der Waals surface area (Å²) in [5.41, 5.74) is 3.50. The molecule has 0 aliphatic carbocycles. The Morgan fingerprint density at radius 3 is 2.53 bits per heavy atom. The quantitative estimate of drug-likeness (QED) is 0.879. The lowest BCUT2D eigenvalue weighted by Crippen LogP contribution is -2.14. The number of aromatic amines is 1. The molecule has 0 aliphatic rings. The Balaban J connectivity index is 0.00000180. The number of nitrogens with zero attached hydrogens (tertiary/aromatic N) is 3. The van der Waals surface area contributed by atoms with Crippen molar-refractivity contribution in [2.24, 2.45) is 0 Å². The van der Waals surface area contributed by atoms with Crippen molar-refractivity contribution in [1.82, 2.24) is 20.5 Å². The van der Waals surface area contributed by atoms with Crippen molar-refractivity contribution in [3.05, 3.63) is 41.3 Å². The zero-order chi connectivity index (χ0) is 13.0. The van der Waals surface area contributed by atoms with Crippen molar-refractivity contribution in [3.63, 3.8) is 0 Å². The molecule has 19 heavy (non-hydrogen) atoms. The number of pyridine rings is 1. The summed E-state index contributed by atoms with van der Waals surface area (Å²) in [7, 11) is 3.98. The first kappa shape index (κ1) is 15.5. The molecule has 0 fully saturated rings. The minimum atomic E-state index is 0. The number of hydrogen-bond donors (Lipinski definition) is 2. The molecular formula is C13H20ClN5. The number of halogens is 1. The predicted octanol–water partition coefficient (Wildman–Crippen LogP) is 1.89. The number of hydrogen-bond acceptors (Lipinski definition) is 4. The lowest BCUT2D eigenvalue weighted by atomic mass is 10.2. The fraction of sp³-hybridized carbons (Fsp3) is 0.385. The lowest BCUT2D eigenvalue weighted by Gasteiger charge is -2.11. The zero-order valence-corrected chi connectivity index (χ0v) is 12.3. The maximum Gasteiger partial charge on any atom is 0.127 e. The van der Waals surface area contributed by atoms with E-state index in [9.17, 15) is 0 Å². The van der Waals surface area contributed by atoms with E-state index in [0.717, 1.165) is 24.6 Å². The summed E-state index contributed by atoms with van der Waals surface area (Å²) in [5.74, 6) is 0.976. The molecule has 2 rings (SSSR count). The van der Waals surface area contributed by atoms with E-state index in [0.29, 0.717) is 0 Å². The standard InChI is InChI=1S/C13H19N5.ClH/c1-10-12(9-16-17-10)8-14-6-11-4-5-13(15-7-11)18(2)3;/h4-5,7,9,14H,6,8H2,1-3H3,(H,16,17);1H. The van der Waals surface area contributed by atoms with Crippen molar-refractivity contribution in [1.29, 1.82) is 0 Å². The average molecular weight is 282 g/mol. The number of H-pyrrole nitrogens is 1. The molecule has 0 amide bonds. The van der Waals surface area contributed by atoms with Gasteiger partial charge in [0.25, 0.3) is 0 Å². The lowest BCUT2D eigenvalue weighted by molar-refractivity contribution is 0.689. The van der Waals surface area contributed by atoms with Crippen LogP contribution in [-0.4, -0.2) is 29.3 Å². The molecule has 2 aromatic heterocycles. The summed E-state index contributed by atoms with van der Waals surface area (Å²) in [6.45, 7) is 3.65. The van der Waals surface area contributed by atoms with Gasteiger partial charge in [0.2, 0.25) is 0 Å². The second kappa shape index (κ2) is 7.11. The van der Waals surface area contributed by atoms with Crippen LogP contribution in [0, 0.1) is 6.92 Å². The fourth-order valence-electron chi connectivity index (χ4n) is 1.68. The molecule has 6 heteroatoms. The monoisotopic (exact) mass is 281 g/mol. The van der Waals surface area contributed by atoms with E-state index in [-0.39, 0.29) is 12.4 Å². The molecule has 0 bridgehead atoms. The molecule has 2 heterocycles. The molecule has 0 saturated heterocycles. The molecule has 0 unspecified atom stereocenters. The molecule has 5 nitrogen and oxygen atoms in total. The van der Waals surface area contributed by atoms with Crippen LogP contribution < -0.4 is 10.2 Å². The maximum atomic E-state index is 4.38. The van der Waals surface area contributed by atoms with Gasteiger partial charge in [-0.05, 0) is 18.6 Å². The van der Waals surface area contributed by atoms with Gasteiger partial charge in [-0.2, -0.15) is 5.10 Å². The molecule has 0 saturated carbocycles. The molecular weight excluding hydrogens is 262 g/mol. The molecule has 2 aromatic rings. The van der Waals surface area contributed by atoms with Crippen molar-refractivity contribution in [2.75, 3.05) is 19.0 Å². The first-order valence-electron chi connectivity index (χ1n) is 5.98. The summed E-state index contributed by atoms with van der Waals surface area (Å²) in [4.78, 5) is 6.37. The molecule has 104 valence electrons. The third-order valence-electron chi connectivity index (χ3n) is 2.85. The number of aromatic nitrogens is 3. The second-order valence-electron chi connectivity index (χ2n) is 4.54. The smallest absolute Gasteiger partial charge is 0.127 e. The van der Waals surface area contributed by atoms with Crippen LogP contribution in [0.15, 0.2) is 24.5 Å². The van der Waals surface area contributed by atoms with Gasteiger partial charge in [0.15, 0.2) is 0 Å². The van der Waals surface area contributed by atoms with Gasteiger partial charge in [-0.3, -0.25) is 5.10 Å². The highest BCUT2D eigenvalue weighted by Crippen LogP contribution is 2.08. The van der Waals surface area contributed by atoms with Crippen LogP contribution in [0.2, 0.25) is 0 Å². The van der Waals surface area contributed by atoms with E-state index in [2.05, 4.69) is 26.6 Å². The molecule has 0 radical (unpaired) electrons. The molecule has 0 aliphatic heterocycles. The van der Waals surface area contributed by atoms with Gasteiger partial charge in [-0.1, -0.05) is 6.07 Å². The van der Waals surface area contributed by atoms with E-state index < -0.39 is 0 Å². The van der Waals surface area contributed by atoms with Crippen LogP contribution in [0.1, 0.15) is 16.8 Å². The highest BCUT2D eigenvalue weighted by molar-refractivity contribution is 5.85. The fourth-order valence-corrected chi connectivity index (χ4v) is 1.68. The van der Waals surface area contributed by atoms with Crippen LogP contribution >= 0.6 is 12.4 Å². The highest BCUT2D eigenvalue weighted by Gasteiger charge is 2.00. The summed E-state index contributed by atoms with van der Waals surface area (Å²) in [6.07, 6.45) is 3.76. The number of nitrogens with one attached hydrogen (secondary N) is 2. The van der Waals surface area contributed by atoms with Crippen LogP contribution in [0.5, 0.6) is 0 Å². The third kappa shape index (κ3) is 4.22. The zero-order valence-electron chi connectivity index (χ0n) is 11.5.